The molecule has 3 N–H and O–H groups in total. The fourth-order valence-corrected chi connectivity index (χ4v) is 1.73. The zero-order valence-electron chi connectivity index (χ0n) is 9.30. The highest BCUT2D eigenvalue weighted by atomic mass is 16.4. The maximum atomic E-state index is 11.7. The summed E-state index contributed by atoms with van der Waals surface area (Å²) in [5, 5.41) is 8.66. The topological polar surface area (TPSA) is 123 Å². The van der Waals surface area contributed by atoms with Crippen LogP contribution in [0.5, 0.6) is 0 Å². The van der Waals surface area contributed by atoms with Gasteiger partial charge in [-0.3, -0.25) is 19.4 Å². The fraction of sp³-hybridized carbons (Fsp3) is 0.400. The van der Waals surface area contributed by atoms with Crippen molar-refractivity contribution in [2.75, 3.05) is 13.1 Å². The van der Waals surface area contributed by atoms with E-state index in [1.54, 1.807) is 0 Å². The highest BCUT2D eigenvalue weighted by Gasteiger charge is 2.35. The summed E-state index contributed by atoms with van der Waals surface area (Å²) in [6.45, 7) is 0.336. The molecule has 96 valence electrons. The van der Waals surface area contributed by atoms with E-state index in [1.807, 2.05) is 4.98 Å². The number of aliphatic carboxylic acids is 1. The molecule has 0 radical (unpaired) electrons. The standard InChI is InChI=1S/C10H11N3O5/c14-7-1-6(11-10(18)12-7)2-8(15)13-3-5(4-13)9(16)17/h1,5H,2-4H2,(H,16,17)(H2,11,12,14,18). The molecule has 1 saturated heterocycles. The number of carbonyl (C=O) groups is 2. The number of hydrogen-bond acceptors (Lipinski definition) is 4. The lowest BCUT2D eigenvalue weighted by Crippen LogP contribution is -2.53. The summed E-state index contributed by atoms with van der Waals surface area (Å²) in [5.41, 5.74) is -1.03. The predicted molar refractivity (Wildman–Crippen MR) is 59.1 cm³/mol. The van der Waals surface area contributed by atoms with Crippen molar-refractivity contribution in [1.82, 2.24) is 14.9 Å². The van der Waals surface area contributed by atoms with E-state index in [2.05, 4.69) is 4.98 Å². The Balaban J connectivity index is 1.98. The summed E-state index contributed by atoms with van der Waals surface area (Å²) in [4.78, 5) is 49.9. The zero-order valence-corrected chi connectivity index (χ0v) is 9.30. The van der Waals surface area contributed by atoms with Gasteiger partial charge in [-0.15, -0.1) is 0 Å². The van der Waals surface area contributed by atoms with Crippen molar-refractivity contribution in [3.05, 3.63) is 32.6 Å². The molecule has 1 fully saturated rings. The van der Waals surface area contributed by atoms with Gasteiger partial charge in [0.25, 0.3) is 5.56 Å². The van der Waals surface area contributed by atoms with Crippen LogP contribution in [-0.2, 0) is 16.0 Å². The number of carbonyl (C=O) groups excluding carboxylic acids is 1. The van der Waals surface area contributed by atoms with Crippen LogP contribution in [0.2, 0.25) is 0 Å². The van der Waals surface area contributed by atoms with E-state index < -0.39 is 23.1 Å². The summed E-state index contributed by atoms with van der Waals surface area (Å²) < 4.78 is 0. The van der Waals surface area contributed by atoms with E-state index in [-0.39, 0.29) is 31.1 Å². The van der Waals surface area contributed by atoms with Gasteiger partial charge in [0.1, 0.15) is 0 Å². The van der Waals surface area contributed by atoms with Gasteiger partial charge >= 0.3 is 11.7 Å². The molecule has 0 aromatic carbocycles. The van der Waals surface area contributed by atoms with Crippen molar-refractivity contribution < 1.29 is 14.7 Å². The number of aromatic amines is 2. The van der Waals surface area contributed by atoms with E-state index in [0.29, 0.717) is 0 Å². The second kappa shape index (κ2) is 4.47. The van der Waals surface area contributed by atoms with Gasteiger partial charge in [-0.2, -0.15) is 0 Å². The number of nitrogens with one attached hydrogen (secondary N) is 2. The minimum Gasteiger partial charge on any atom is -0.481 e. The summed E-state index contributed by atoms with van der Waals surface area (Å²) in [6, 6.07) is 1.13. The predicted octanol–water partition coefficient (Wildman–Crippen LogP) is -1.85. The second-order valence-corrected chi connectivity index (χ2v) is 4.12. The smallest absolute Gasteiger partial charge is 0.325 e. The number of H-pyrrole nitrogens is 2. The number of likely N-dealkylation sites (tertiary alicyclic amines) is 1. The van der Waals surface area contributed by atoms with Gasteiger partial charge in [-0.05, 0) is 0 Å². The van der Waals surface area contributed by atoms with Crippen molar-refractivity contribution in [3.63, 3.8) is 0 Å². The van der Waals surface area contributed by atoms with Gasteiger partial charge in [-0.1, -0.05) is 0 Å². The molecule has 0 saturated carbocycles. The van der Waals surface area contributed by atoms with Crippen LogP contribution in [0.3, 0.4) is 0 Å². The van der Waals surface area contributed by atoms with E-state index in [0.717, 1.165) is 6.07 Å². The van der Waals surface area contributed by atoms with Crippen molar-refractivity contribution in [3.8, 4) is 0 Å². The molecule has 8 heteroatoms. The molecule has 0 aliphatic carbocycles. The number of amides is 1. The van der Waals surface area contributed by atoms with Crippen LogP contribution in [-0.4, -0.2) is 44.9 Å². The fourth-order valence-electron chi connectivity index (χ4n) is 1.73. The Morgan fingerprint density at radius 3 is 2.56 bits per heavy atom. The second-order valence-electron chi connectivity index (χ2n) is 4.12. The molecule has 1 amide bonds. The molecule has 8 nitrogen and oxygen atoms in total. The van der Waals surface area contributed by atoms with Gasteiger partial charge in [-0.25, -0.2) is 4.79 Å². The highest BCUT2D eigenvalue weighted by molar-refractivity contribution is 5.82. The van der Waals surface area contributed by atoms with Gasteiger partial charge in [0, 0.05) is 24.8 Å². The lowest BCUT2D eigenvalue weighted by molar-refractivity contribution is -0.152. The minimum absolute atomic E-state index is 0.120. The Labute approximate surface area is 100 Å². The van der Waals surface area contributed by atoms with Gasteiger partial charge < -0.3 is 15.0 Å². The summed E-state index contributed by atoms with van der Waals surface area (Å²) in [7, 11) is 0. The molecule has 18 heavy (non-hydrogen) atoms. The van der Waals surface area contributed by atoms with E-state index >= 15 is 0 Å². The molecule has 0 spiro atoms. The molecule has 1 aromatic heterocycles. The number of rotatable bonds is 3. The third-order valence-corrected chi connectivity index (χ3v) is 2.74. The first-order valence-corrected chi connectivity index (χ1v) is 5.29. The van der Waals surface area contributed by atoms with Crippen LogP contribution < -0.4 is 11.2 Å². The Hall–Kier alpha value is -2.38. The van der Waals surface area contributed by atoms with Crippen LogP contribution in [0.25, 0.3) is 0 Å². The van der Waals surface area contributed by atoms with Crippen LogP contribution in [0.1, 0.15) is 5.69 Å². The van der Waals surface area contributed by atoms with Gasteiger partial charge in [0.15, 0.2) is 0 Å². The molecule has 0 atom stereocenters. The summed E-state index contributed by atoms with van der Waals surface area (Å²) in [6.07, 6.45) is -0.120. The quantitative estimate of drug-likeness (QED) is 0.583. The van der Waals surface area contributed by atoms with Gasteiger partial charge in [0.05, 0.1) is 12.3 Å². The number of carboxylic acid groups (broad SMARTS) is 1. The van der Waals surface area contributed by atoms with Gasteiger partial charge in [0.2, 0.25) is 5.91 Å². The largest absolute Gasteiger partial charge is 0.481 e. The molecular formula is C10H11N3O5. The maximum Gasteiger partial charge on any atom is 0.325 e. The Kier molecular flexibility index (Phi) is 3.00. The third-order valence-electron chi connectivity index (χ3n) is 2.74. The Morgan fingerprint density at radius 1 is 1.33 bits per heavy atom. The van der Waals surface area contributed by atoms with E-state index in [4.69, 9.17) is 5.11 Å². The average molecular weight is 253 g/mol. The summed E-state index contributed by atoms with van der Waals surface area (Å²) in [5.74, 6) is -1.76. The maximum absolute atomic E-state index is 11.7. The number of aromatic nitrogens is 2. The van der Waals surface area contributed by atoms with Crippen LogP contribution in [0, 0.1) is 5.92 Å². The van der Waals surface area contributed by atoms with Crippen molar-refractivity contribution >= 4 is 11.9 Å². The lowest BCUT2D eigenvalue weighted by atomic mass is 10.00. The molecule has 1 aliphatic heterocycles. The van der Waals surface area contributed by atoms with Crippen molar-refractivity contribution in [1.29, 1.82) is 0 Å². The van der Waals surface area contributed by atoms with E-state index in [1.165, 1.54) is 4.90 Å². The van der Waals surface area contributed by atoms with E-state index in [9.17, 15) is 19.2 Å². The normalized spacial score (nSPS) is 15.2. The van der Waals surface area contributed by atoms with Crippen LogP contribution >= 0.6 is 0 Å². The molecular weight excluding hydrogens is 242 g/mol. The first-order chi connectivity index (χ1) is 8.45. The average Bonchev–Trinajstić information content (AvgIpc) is 2.11. The summed E-state index contributed by atoms with van der Waals surface area (Å²) >= 11 is 0. The minimum atomic E-state index is -0.927. The SMILES string of the molecule is O=C(O)C1CN(C(=O)Cc2cc(=O)[nH]c(=O)[nH]2)C1. The zero-order chi connectivity index (χ0) is 13.3. The first-order valence-electron chi connectivity index (χ1n) is 5.29. The van der Waals surface area contributed by atoms with Crippen molar-refractivity contribution in [2.45, 2.75) is 6.42 Å². The molecule has 0 unspecified atom stereocenters. The molecule has 2 rings (SSSR count). The lowest BCUT2D eigenvalue weighted by Gasteiger charge is -2.36. The molecule has 2 heterocycles. The number of carboxylic acids is 1. The Bertz CT molecular complexity index is 568. The van der Waals surface area contributed by atoms with Crippen LogP contribution in [0.15, 0.2) is 15.7 Å². The Morgan fingerprint density at radius 2 is 2.00 bits per heavy atom. The van der Waals surface area contributed by atoms with Crippen molar-refractivity contribution in [2.24, 2.45) is 5.92 Å². The molecule has 1 aliphatic rings. The third kappa shape index (κ3) is 2.47. The molecule has 1 aromatic rings. The monoisotopic (exact) mass is 253 g/mol. The highest BCUT2D eigenvalue weighted by Crippen LogP contribution is 2.16. The molecule has 0 bridgehead atoms. The van der Waals surface area contributed by atoms with Crippen LogP contribution in [0.4, 0.5) is 0 Å². The first kappa shape index (κ1) is 12.1. The number of hydrogen-bond donors (Lipinski definition) is 3. The number of nitrogens with zero attached hydrogens (tertiary/aromatic N) is 1.